The first kappa shape index (κ1) is 20.7. The summed E-state index contributed by atoms with van der Waals surface area (Å²) in [5.74, 6) is 0.112. The van der Waals surface area contributed by atoms with Crippen molar-refractivity contribution in [1.82, 2.24) is 14.9 Å². The van der Waals surface area contributed by atoms with E-state index in [2.05, 4.69) is 15.3 Å². The van der Waals surface area contributed by atoms with Crippen molar-refractivity contribution in [3.63, 3.8) is 0 Å². The summed E-state index contributed by atoms with van der Waals surface area (Å²) < 4.78 is 28.2. The Balaban J connectivity index is 1.22. The van der Waals surface area contributed by atoms with Crippen LogP contribution < -0.4 is 5.32 Å². The van der Waals surface area contributed by atoms with Gasteiger partial charge in [-0.1, -0.05) is 6.07 Å². The second-order valence-electron chi connectivity index (χ2n) is 10.4. The molecule has 172 valence electrons. The quantitative estimate of drug-likeness (QED) is 0.761. The Morgan fingerprint density at radius 2 is 1.64 bits per heavy atom. The van der Waals surface area contributed by atoms with E-state index in [1.807, 2.05) is 0 Å². The van der Waals surface area contributed by atoms with Crippen LogP contribution in [0.1, 0.15) is 60.1 Å². The number of anilines is 1. The van der Waals surface area contributed by atoms with Gasteiger partial charge < -0.3 is 10.2 Å². The molecule has 33 heavy (non-hydrogen) atoms. The predicted molar refractivity (Wildman–Crippen MR) is 116 cm³/mol. The van der Waals surface area contributed by atoms with Gasteiger partial charge in [-0.15, -0.1) is 0 Å². The van der Waals surface area contributed by atoms with Crippen molar-refractivity contribution in [1.29, 1.82) is 0 Å². The lowest BCUT2D eigenvalue weighted by Gasteiger charge is -2.55. The van der Waals surface area contributed by atoms with Crippen LogP contribution in [-0.2, 0) is 17.8 Å². The van der Waals surface area contributed by atoms with Gasteiger partial charge >= 0.3 is 0 Å². The first-order valence-electron chi connectivity index (χ1n) is 11.8. The molecule has 0 unspecified atom stereocenters. The minimum atomic E-state index is -0.878. The van der Waals surface area contributed by atoms with Gasteiger partial charge in [0.15, 0.2) is 0 Å². The first-order valence-corrected chi connectivity index (χ1v) is 11.8. The van der Waals surface area contributed by atoms with Crippen LogP contribution in [0.5, 0.6) is 0 Å². The molecule has 0 radical (unpaired) electrons. The summed E-state index contributed by atoms with van der Waals surface area (Å²) in [6, 6.07) is 3.39. The van der Waals surface area contributed by atoms with Crippen LogP contribution in [0.4, 0.5) is 14.6 Å². The average Bonchev–Trinajstić information content (AvgIpc) is 2.78. The van der Waals surface area contributed by atoms with E-state index >= 15 is 0 Å². The van der Waals surface area contributed by atoms with Gasteiger partial charge in [0.1, 0.15) is 29.3 Å². The molecule has 0 spiro atoms. The molecular weight excluding hydrogens is 426 g/mol. The Morgan fingerprint density at radius 1 is 1.00 bits per heavy atom. The van der Waals surface area contributed by atoms with E-state index in [1.165, 1.54) is 36.6 Å². The summed E-state index contributed by atoms with van der Waals surface area (Å²) in [6.45, 7) is 0.387. The molecule has 2 heterocycles. The van der Waals surface area contributed by atoms with Crippen LogP contribution in [-0.4, -0.2) is 33.2 Å². The minimum absolute atomic E-state index is 0.0643. The van der Waals surface area contributed by atoms with Crippen LogP contribution >= 0.6 is 0 Å². The average molecular weight is 453 g/mol. The molecule has 0 atom stereocenters. The highest BCUT2D eigenvalue weighted by atomic mass is 19.1. The van der Waals surface area contributed by atoms with Gasteiger partial charge in [-0.05, 0) is 74.8 Å². The van der Waals surface area contributed by atoms with Crippen LogP contribution in [0.15, 0.2) is 24.5 Å². The number of amides is 2. The normalized spacial score (nSPS) is 29.6. The lowest BCUT2D eigenvalue weighted by atomic mass is 9.49. The van der Waals surface area contributed by atoms with Gasteiger partial charge in [0.25, 0.3) is 5.91 Å². The fourth-order valence-electron chi connectivity index (χ4n) is 7.12. The maximum Gasteiger partial charge on any atom is 0.260 e. The molecular formula is C25H26F2N4O2. The topological polar surface area (TPSA) is 75.2 Å². The Morgan fingerprint density at radius 3 is 2.27 bits per heavy atom. The van der Waals surface area contributed by atoms with E-state index in [4.69, 9.17) is 0 Å². The van der Waals surface area contributed by atoms with Gasteiger partial charge in [-0.25, -0.2) is 18.7 Å². The molecule has 5 aliphatic rings. The lowest BCUT2D eigenvalue weighted by molar-refractivity contribution is -0.140. The highest BCUT2D eigenvalue weighted by Gasteiger charge is 2.54. The summed E-state index contributed by atoms with van der Waals surface area (Å²) in [5, 5.41) is 3.11. The van der Waals surface area contributed by atoms with Crippen molar-refractivity contribution in [2.24, 2.45) is 23.2 Å². The Kier molecular flexibility index (Phi) is 4.74. The minimum Gasteiger partial charge on any atom is -0.332 e. The third-order valence-corrected chi connectivity index (χ3v) is 8.22. The third kappa shape index (κ3) is 3.42. The SMILES string of the molecule is O=C(c1c(F)cccc1F)N1CCc2c(ncnc2NC(=O)C23CC4CC(CC(C4)C2)C3)C1. The monoisotopic (exact) mass is 452 g/mol. The molecule has 4 bridgehead atoms. The van der Waals surface area contributed by atoms with Crippen molar-refractivity contribution >= 4 is 17.6 Å². The summed E-state index contributed by atoms with van der Waals surface area (Å²) >= 11 is 0. The summed E-state index contributed by atoms with van der Waals surface area (Å²) in [7, 11) is 0. The number of nitrogens with zero attached hydrogens (tertiary/aromatic N) is 3. The van der Waals surface area contributed by atoms with E-state index < -0.39 is 23.1 Å². The van der Waals surface area contributed by atoms with Crippen LogP contribution in [0.25, 0.3) is 0 Å². The second-order valence-corrected chi connectivity index (χ2v) is 10.4. The molecule has 4 saturated carbocycles. The van der Waals surface area contributed by atoms with Crippen molar-refractivity contribution in [3.8, 4) is 0 Å². The zero-order valence-electron chi connectivity index (χ0n) is 18.3. The predicted octanol–water partition coefficient (Wildman–Crippen LogP) is 4.11. The number of benzene rings is 1. The molecule has 1 aromatic carbocycles. The molecule has 6 nitrogen and oxygen atoms in total. The largest absolute Gasteiger partial charge is 0.332 e. The van der Waals surface area contributed by atoms with Crippen LogP contribution in [0, 0.1) is 34.8 Å². The van der Waals surface area contributed by atoms with Crippen molar-refractivity contribution in [2.45, 2.75) is 51.5 Å². The fourth-order valence-corrected chi connectivity index (χ4v) is 7.12. The third-order valence-electron chi connectivity index (χ3n) is 8.22. The molecule has 1 aliphatic heterocycles. The van der Waals surface area contributed by atoms with Crippen molar-refractivity contribution in [2.75, 3.05) is 11.9 Å². The van der Waals surface area contributed by atoms with Crippen molar-refractivity contribution in [3.05, 3.63) is 53.0 Å². The number of aromatic nitrogens is 2. The number of carbonyl (C=O) groups is 2. The highest BCUT2D eigenvalue weighted by Crippen LogP contribution is 2.60. The lowest BCUT2D eigenvalue weighted by Crippen LogP contribution is -2.52. The maximum atomic E-state index is 14.1. The van der Waals surface area contributed by atoms with E-state index in [0.717, 1.165) is 37.0 Å². The van der Waals surface area contributed by atoms with Gasteiger partial charge in [0.05, 0.1) is 17.7 Å². The van der Waals surface area contributed by atoms with Gasteiger partial charge in [0.2, 0.25) is 5.91 Å². The first-order chi connectivity index (χ1) is 15.9. The van der Waals surface area contributed by atoms with Crippen LogP contribution in [0.3, 0.4) is 0 Å². The zero-order chi connectivity index (χ0) is 22.7. The van der Waals surface area contributed by atoms with E-state index in [-0.39, 0.29) is 24.4 Å². The number of halogens is 2. The molecule has 1 N–H and O–H groups in total. The smallest absolute Gasteiger partial charge is 0.260 e. The van der Waals surface area contributed by atoms with Crippen LogP contribution in [0.2, 0.25) is 0 Å². The molecule has 2 amide bonds. The molecule has 7 rings (SSSR count). The summed E-state index contributed by atoms with van der Waals surface area (Å²) in [5.41, 5.74) is 0.562. The Bertz CT molecular complexity index is 1100. The molecule has 0 saturated heterocycles. The van der Waals surface area contributed by atoms with E-state index in [0.29, 0.717) is 35.7 Å². The molecule has 4 fully saturated rings. The number of hydrogen-bond donors (Lipinski definition) is 1. The van der Waals surface area contributed by atoms with E-state index in [9.17, 15) is 18.4 Å². The number of nitrogens with one attached hydrogen (secondary N) is 1. The zero-order valence-corrected chi connectivity index (χ0v) is 18.3. The standard InChI is InChI=1S/C25H26F2N4O2/c26-18-2-1-3-19(27)21(18)23(32)31-5-4-17-20(12-31)28-13-29-22(17)30-24(33)25-9-14-6-15(10-25)8-16(7-14)11-25/h1-3,13-16H,4-12H2,(H,28,29,30,33). The molecule has 2 aromatic rings. The molecule has 1 aromatic heterocycles. The second kappa shape index (κ2) is 7.57. The molecule has 8 heteroatoms. The number of rotatable bonds is 3. The number of fused-ring (bicyclic) bond motifs is 1. The highest BCUT2D eigenvalue weighted by molar-refractivity contribution is 5.96. The maximum absolute atomic E-state index is 14.1. The summed E-state index contributed by atoms with van der Waals surface area (Å²) in [4.78, 5) is 36.3. The molecule has 4 aliphatic carbocycles. The van der Waals surface area contributed by atoms with E-state index in [1.54, 1.807) is 0 Å². The van der Waals surface area contributed by atoms with Crippen molar-refractivity contribution < 1.29 is 18.4 Å². The number of hydrogen-bond acceptors (Lipinski definition) is 4. The Labute approximate surface area is 190 Å². The van der Waals surface area contributed by atoms with Gasteiger partial charge in [-0.2, -0.15) is 0 Å². The fraction of sp³-hybridized carbons (Fsp3) is 0.520. The van der Waals surface area contributed by atoms with Gasteiger partial charge in [-0.3, -0.25) is 9.59 Å². The summed E-state index contributed by atoms with van der Waals surface area (Å²) in [6.07, 6.45) is 8.49. The number of carbonyl (C=O) groups excluding carboxylic acids is 2. The van der Waals surface area contributed by atoms with Gasteiger partial charge in [0, 0.05) is 12.1 Å². The Hall–Kier alpha value is -2.90.